The van der Waals surface area contributed by atoms with Gasteiger partial charge in [-0.3, -0.25) is 9.69 Å². The maximum absolute atomic E-state index is 10.9. The fourth-order valence-electron chi connectivity index (χ4n) is 2.14. The van der Waals surface area contributed by atoms with Gasteiger partial charge in [0.05, 0.1) is 12.1 Å². The summed E-state index contributed by atoms with van der Waals surface area (Å²) < 4.78 is 10.1. The van der Waals surface area contributed by atoms with Crippen LogP contribution in [0.2, 0.25) is 0 Å². The lowest BCUT2D eigenvalue weighted by Crippen LogP contribution is -2.43. The molecule has 1 aromatic heterocycles. The molecule has 6 nitrogen and oxygen atoms in total. The van der Waals surface area contributed by atoms with Crippen molar-refractivity contribution in [1.29, 1.82) is 0 Å². The minimum atomic E-state index is -0.752. The van der Waals surface area contributed by atoms with Gasteiger partial charge in [-0.25, -0.2) is 0 Å². The van der Waals surface area contributed by atoms with E-state index in [1.54, 1.807) is 18.9 Å². The van der Waals surface area contributed by atoms with Crippen LogP contribution in [-0.2, 0) is 22.7 Å². The molecule has 1 fully saturated rings. The maximum atomic E-state index is 10.9. The minimum Gasteiger partial charge on any atom is -0.481 e. The van der Waals surface area contributed by atoms with E-state index in [1.807, 2.05) is 6.07 Å². The normalized spacial score (nSPS) is 20.6. The lowest BCUT2D eigenvalue weighted by molar-refractivity contribution is -0.138. The lowest BCUT2D eigenvalue weighted by Gasteiger charge is -2.33. The van der Waals surface area contributed by atoms with Crippen LogP contribution in [0, 0.1) is 0 Å². The zero-order valence-electron chi connectivity index (χ0n) is 10.9. The van der Waals surface area contributed by atoms with E-state index in [9.17, 15) is 4.79 Å². The third-order valence-corrected chi connectivity index (χ3v) is 4.11. The average Bonchev–Trinajstić information content (AvgIpc) is 2.79. The monoisotopic (exact) mass is 286 g/mol. The second-order valence-electron chi connectivity index (χ2n) is 4.51. The van der Waals surface area contributed by atoms with E-state index < -0.39 is 5.97 Å². The molecule has 1 aromatic rings. The van der Waals surface area contributed by atoms with E-state index in [4.69, 9.17) is 14.4 Å². The van der Waals surface area contributed by atoms with Gasteiger partial charge < -0.3 is 14.4 Å². The predicted molar refractivity (Wildman–Crippen MR) is 71.0 cm³/mol. The van der Waals surface area contributed by atoms with Crippen LogP contribution >= 0.6 is 11.8 Å². The Kier molecular flexibility index (Phi) is 5.24. The Morgan fingerprint density at radius 3 is 3.32 bits per heavy atom. The molecule has 2 heterocycles. The highest BCUT2D eigenvalue weighted by atomic mass is 32.2. The van der Waals surface area contributed by atoms with E-state index in [0.29, 0.717) is 18.9 Å². The highest BCUT2D eigenvalue weighted by Crippen LogP contribution is 2.21. The molecule has 2 rings (SSSR count). The predicted octanol–water partition coefficient (Wildman–Crippen LogP) is 1.21. The van der Waals surface area contributed by atoms with Crippen molar-refractivity contribution in [1.82, 2.24) is 10.1 Å². The van der Waals surface area contributed by atoms with Crippen molar-refractivity contribution in [3.8, 4) is 0 Å². The van der Waals surface area contributed by atoms with Crippen LogP contribution in [-0.4, -0.2) is 52.3 Å². The number of thioether (sulfide) groups is 1. The van der Waals surface area contributed by atoms with Gasteiger partial charge in [-0.15, -0.1) is 0 Å². The summed E-state index contributed by atoms with van der Waals surface area (Å²) in [5.41, 5.74) is 0.828. The molecule has 0 amide bonds. The third-order valence-electron chi connectivity index (χ3n) is 3.02. The number of carbonyl (C=O) groups is 1. The standard InChI is InChI=1S/C12H18N2O4S/c1-17-7-11-4-9(13-18-11)6-14-2-3-19-8-10(14)5-12(15)16/h4,10H,2-3,5-8H2,1H3,(H,15,16). The van der Waals surface area contributed by atoms with E-state index >= 15 is 0 Å². The van der Waals surface area contributed by atoms with Gasteiger partial charge >= 0.3 is 5.97 Å². The van der Waals surface area contributed by atoms with E-state index in [1.165, 1.54) is 0 Å². The Hall–Kier alpha value is -1.05. The zero-order chi connectivity index (χ0) is 13.7. The Bertz CT molecular complexity index is 424. The number of aliphatic carboxylic acids is 1. The van der Waals surface area contributed by atoms with Gasteiger partial charge in [0.15, 0.2) is 5.76 Å². The van der Waals surface area contributed by atoms with E-state index in [-0.39, 0.29) is 12.5 Å². The first-order valence-corrected chi connectivity index (χ1v) is 7.31. The molecular weight excluding hydrogens is 268 g/mol. The van der Waals surface area contributed by atoms with Crippen LogP contribution in [0.15, 0.2) is 10.6 Å². The summed E-state index contributed by atoms with van der Waals surface area (Å²) >= 11 is 1.80. The number of rotatable bonds is 6. The molecule has 1 unspecified atom stereocenters. The molecule has 1 saturated heterocycles. The molecule has 0 saturated carbocycles. The number of carboxylic acid groups (broad SMARTS) is 1. The molecule has 0 bridgehead atoms. The first kappa shape index (κ1) is 14.4. The first-order valence-electron chi connectivity index (χ1n) is 6.16. The fraction of sp³-hybridized carbons (Fsp3) is 0.667. The van der Waals surface area contributed by atoms with Crippen molar-refractivity contribution in [2.24, 2.45) is 0 Å². The number of methoxy groups -OCH3 is 1. The highest BCUT2D eigenvalue weighted by Gasteiger charge is 2.25. The Balaban J connectivity index is 1.95. The smallest absolute Gasteiger partial charge is 0.304 e. The van der Waals surface area contributed by atoms with Gasteiger partial charge in [0.25, 0.3) is 0 Å². The number of hydrogen-bond acceptors (Lipinski definition) is 6. The second kappa shape index (κ2) is 6.93. The average molecular weight is 286 g/mol. The number of hydrogen-bond donors (Lipinski definition) is 1. The summed E-state index contributed by atoms with van der Waals surface area (Å²) in [5, 5.41) is 12.9. The minimum absolute atomic E-state index is 0.0684. The van der Waals surface area contributed by atoms with Crippen molar-refractivity contribution in [2.75, 3.05) is 25.2 Å². The first-order chi connectivity index (χ1) is 9.19. The van der Waals surface area contributed by atoms with Crippen LogP contribution in [0.25, 0.3) is 0 Å². The molecule has 0 aliphatic carbocycles. The summed E-state index contributed by atoms with van der Waals surface area (Å²) in [4.78, 5) is 13.0. The van der Waals surface area contributed by atoms with Crippen molar-refractivity contribution in [3.63, 3.8) is 0 Å². The van der Waals surface area contributed by atoms with Crippen molar-refractivity contribution in [2.45, 2.75) is 25.6 Å². The highest BCUT2D eigenvalue weighted by molar-refractivity contribution is 7.99. The van der Waals surface area contributed by atoms with Crippen LogP contribution in [0.1, 0.15) is 17.9 Å². The number of carboxylic acids is 1. The largest absolute Gasteiger partial charge is 0.481 e. The van der Waals surface area contributed by atoms with Crippen LogP contribution in [0.4, 0.5) is 0 Å². The fourth-order valence-corrected chi connectivity index (χ4v) is 3.27. The molecule has 1 aliphatic heterocycles. The van der Waals surface area contributed by atoms with Gasteiger partial charge in [0.1, 0.15) is 6.61 Å². The van der Waals surface area contributed by atoms with Gasteiger partial charge in [-0.1, -0.05) is 5.16 Å². The molecule has 1 atom stereocenters. The molecule has 0 radical (unpaired) electrons. The summed E-state index contributed by atoms with van der Waals surface area (Å²) in [6.45, 7) is 1.92. The van der Waals surface area contributed by atoms with E-state index in [0.717, 1.165) is 23.7 Å². The van der Waals surface area contributed by atoms with Gasteiger partial charge in [-0.05, 0) is 0 Å². The summed E-state index contributed by atoms with van der Waals surface area (Å²) in [6.07, 6.45) is 0.176. The molecule has 0 spiro atoms. The number of ether oxygens (including phenoxy) is 1. The van der Waals surface area contributed by atoms with Crippen molar-refractivity contribution in [3.05, 3.63) is 17.5 Å². The molecule has 1 aliphatic rings. The summed E-state index contributed by atoms with van der Waals surface area (Å²) in [7, 11) is 1.60. The van der Waals surface area contributed by atoms with Crippen LogP contribution in [0.3, 0.4) is 0 Å². The Labute approximate surface area is 116 Å². The molecule has 106 valence electrons. The molecular formula is C12H18N2O4S. The van der Waals surface area contributed by atoms with Crippen LogP contribution in [0.5, 0.6) is 0 Å². The summed E-state index contributed by atoms with van der Waals surface area (Å²) in [5.74, 6) is 1.82. The quantitative estimate of drug-likeness (QED) is 0.842. The Morgan fingerprint density at radius 1 is 1.74 bits per heavy atom. The Morgan fingerprint density at radius 2 is 2.58 bits per heavy atom. The summed E-state index contributed by atoms with van der Waals surface area (Å²) in [6, 6.07) is 1.93. The van der Waals surface area contributed by atoms with Gasteiger partial charge in [0, 0.05) is 43.8 Å². The molecule has 1 N–H and O–H groups in total. The topological polar surface area (TPSA) is 75.8 Å². The molecule has 19 heavy (non-hydrogen) atoms. The van der Waals surface area contributed by atoms with Gasteiger partial charge in [-0.2, -0.15) is 11.8 Å². The third kappa shape index (κ3) is 4.22. The van der Waals surface area contributed by atoms with E-state index in [2.05, 4.69) is 10.1 Å². The lowest BCUT2D eigenvalue weighted by atomic mass is 10.2. The van der Waals surface area contributed by atoms with Crippen LogP contribution < -0.4 is 0 Å². The zero-order valence-corrected chi connectivity index (χ0v) is 11.7. The van der Waals surface area contributed by atoms with Crippen molar-refractivity contribution >= 4 is 17.7 Å². The SMILES string of the molecule is COCc1cc(CN2CCSCC2CC(=O)O)no1. The van der Waals surface area contributed by atoms with Gasteiger partial charge in [0.2, 0.25) is 0 Å². The maximum Gasteiger partial charge on any atom is 0.304 e. The number of aromatic nitrogens is 1. The van der Waals surface area contributed by atoms with Crippen molar-refractivity contribution < 1.29 is 19.2 Å². The second-order valence-corrected chi connectivity index (χ2v) is 5.66. The number of nitrogens with zero attached hydrogens (tertiary/aromatic N) is 2. The molecule has 0 aromatic carbocycles. The molecule has 7 heteroatoms.